The third-order valence-corrected chi connectivity index (χ3v) is 5.61. The van der Waals surface area contributed by atoms with Crippen LogP contribution in [0, 0.1) is 6.92 Å². The number of halogens is 3. The summed E-state index contributed by atoms with van der Waals surface area (Å²) >= 11 is 1.26. The molecule has 0 radical (unpaired) electrons. The van der Waals surface area contributed by atoms with Crippen molar-refractivity contribution in [2.24, 2.45) is 7.05 Å². The fourth-order valence-corrected chi connectivity index (χ4v) is 3.73. The van der Waals surface area contributed by atoms with Crippen molar-refractivity contribution >= 4 is 23.4 Å². The quantitative estimate of drug-likeness (QED) is 0.625. The van der Waals surface area contributed by atoms with Crippen molar-refractivity contribution in [1.82, 2.24) is 9.36 Å². The molecule has 1 heterocycles. The van der Waals surface area contributed by atoms with Crippen molar-refractivity contribution in [3.05, 3.63) is 81.8 Å². The number of amides is 1. The number of alkyl halides is 3. The van der Waals surface area contributed by atoms with Gasteiger partial charge in [0.1, 0.15) is 5.69 Å². The Labute approximate surface area is 175 Å². The standard InChI is InChI=1S/C21H20F3N3O2S/c1-14-19(20(29)27(26(14)2)17-6-4-3-5-7-17)25-18(28)13-30-12-15-8-10-16(11-9-15)21(22,23)24/h3-11H,12-13H2,1-2H3,(H,25,28). The Hall–Kier alpha value is -2.94. The van der Waals surface area contributed by atoms with Gasteiger partial charge in [0.05, 0.1) is 22.7 Å². The lowest BCUT2D eigenvalue weighted by Gasteiger charge is -2.08. The van der Waals surface area contributed by atoms with Crippen molar-refractivity contribution in [1.29, 1.82) is 0 Å². The molecule has 1 aromatic heterocycles. The maximum atomic E-state index is 12.8. The number of nitrogens with one attached hydrogen (secondary N) is 1. The lowest BCUT2D eigenvalue weighted by molar-refractivity contribution is -0.137. The van der Waals surface area contributed by atoms with Crippen LogP contribution in [-0.2, 0) is 23.8 Å². The van der Waals surface area contributed by atoms with Crippen LogP contribution in [0.5, 0.6) is 0 Å². The van der Waals surface area contributed by atoms with Gasteiger partial charge in [-0.15, -0.1) is 11.8 Å². The number of rotatable bonds is 6. The Morgan fingerprint density at radius 3 is 2.30 bits per heavy atom. The summed E-state index contributed by atoms with van der Waals surface area (Å²) < 4.78 is 40.9. The van der Waals surface area contributed by atoms with Crippen molar-refractivity contribution in [2.45, 2.75) is 18.9 Å². The average molecular weight is 435 g/mol. The highest BCUT2D eigenvalue weighted by Gasteiger charge is 2.29. The molecule has 0 bridgehead atoms. The Bertz CT molecular complexity index is 1090. The molecule has 0 aliphatic carbocycles. The van der Waals surface area contributed by atoms with Gasteiger partial charge in [-0.05, 0) is 36.8 Å². The van der Waals surface area contributed by atoms with E-state index < -0.39 is 11.7 Å². The first-order chi connectivity index (χ1) is 14.2. The van der Waals surface area contributed by atoms with Crippen molar-refractivity contribution < 1.29 is 18.0 Å². The van der Waals surface area contributed by atoms with E-state index in [4.69, 9.17) is 0 Å². The van der Waals surface area contributed by atoms with Crippen LogP contribution >= 0.6 is 11.8 Å². The van der Waals surface area contributed by atoms with Gasteiger partial charge < -0.3 is 5.32 Å². The molecule has 0 fully saturated rings. The van der Waals surface area contributed by atoms with E-state index in [0.29, 0.717) is 22.7 Å². The van der Waals surface area contributed by atoms with E-state index in [1.807, 2.05) is 18.2 Å². The largest absolute Gasteiger partial charge is 0.416 e. The summed E-state index contributed by atoms with van der Waals surface area (Å²) in [5, 5.41) is 2.66. The zero-order valence-electron chi connectivity index (χ0n) is 16.4. The highest BCUT2D eigenvalue weighted by atomic mass is 32.2. The summed E-state index contributed by atoms with van der Waals surface area (Å²) in [6.07, 6.45) is -4.37. The van der Waals surface area contributed by atoms with Gasteiger partial charge in [-0.25, -0.2) is 4.68 Å². The van der Waals surface area contributed by atoms with Gasteiger partial charge in [0.15, 0.2) is 0 Å². The third kappa shape index (κ3) is 4.79. The number of nitrogens with zero attached hydrogens (tertiary/aromatic N) is 2. The van der Waals surface area contributed by atoms with Crippen molar-refractivity contribution in [3.8, 4) is 5.69 Å². The number of anilines is 1. The van der Waals surface area contributed by atoms with Gasteiger partial charge in [-0.1, -0.05) is 30.3 Å². The van der Waals surface area contributed by atoms with Crippen LogP contribution in [0.3, 0.4) is 0 Å². The topological polar surface area (TPSA) is 56.0 Å². The van der Waals surface area contributed by atoms with E-state index >= 15 is 0 Å². The van der Waals surface area contributed by atoms with Gasteiger partial charge in [0.25, 0.3) is 5.56 Å². The second-order valence-corrected chi connectivity index (χ2v) is 7.66. The lowest BCUT2D eigenvalue weighted by atomic mass is 10.1. The number of carbonyl (C=O) groups excluding carboxylic acids is 1. The number of para-hydroxylation sites is 1. The second kappa shape index (κ2) is 8.83. The molecule has 0 aliphatic heterocycles. The normalized spacial score (nSPS) is 11.5. The summed E-state index contributed by atoms with van der Waals surface area (Å²) in [5.41, 5.74) is 1.16. The SMILES string of the molecule is Cc1c(NC(=O)CSCc2ccc(C(F)(F)F)cc2)c(=O)n(-c2ccccc2)n1C. The monoisotopic (exact) mass is 435 g/mol. The van der Waals surface area contributed by atoms with E-state index in [2.05, 4.69) is 5.32 Å². The molecular formula is C21H20F3N3O2S. The lowest BCUT2D eigenvalue weighted by Crippen LogP contribution is -2.23. The van der Waals surface area contributed by atoms with Crippen molar-refractivity contribution in [3.63, 3.8) is 0 Å². The highest BCUT2D eigenvalue weighted by Crippen LogP contribution is 2.29. The molecule has 0 saturated carbocycles. The predicted octanol–water partition coefficient (Wildman–Crippen LogP) is 4.38. The Balaban J connectivity index is 1.62. The third-order valence-electron chi connectivity index (χ3n) is 4.60. The minimum atomic E-state index is -4.37. The molecule has 2 aromatic carbocycles. The van der Waals surface area contributed by atoms with Gasteiger partial charge in [0.2, 0.25) is 5.91 Å². The number of aromatic nitrogens is 2. The molecular weight excluding hydrogens is 415 g/mol. The number of hydrogen-bond acceptors (Lipinski definition) is 3. The van der Waals surface area contributed by atoms with Crippen LogP contribution < -0.4 is 10.9 Å². The molecule has 158 valence electrons. The van der Waals surface area contributed by atoms with Gasteiger partial charge in [0, 0.05) is 12.8 Å². The Morgan fingerprint density at radius 2 is 1.70 bits per heavy atom. The maximum absolute atomic E-state index is 12.8. The fraction of sp³-hybridized carbons (Fsp3) is 0.238. The molecule has 0 unspecified atom stereocenters. The van der Waals surface area contributed by atoms with E-state index in [9.17, 15) is 22.8 Å². The zero-order valence-corrected chi connectivity index (χ0v) is 17.2. The molecule has 0 aliphatic rings. The molecule has 5 nitrogen and oxygen atoms in total. The average Bonchev–Trinajstić information content (AvgIpc) is 2.91. The van der Waals surface area contributed by atoms with Crippen LogP contribution in [0.1, 0.15) is 16.8 Å². The first-order valence-corrected chi connectivity index (χ1v) is 10.2. The molecule has 0 saturated heterocycles. The van der Waals surface area contributed by atoms with E-state index in [1.54, 1.807) is 30.8 Å². The van der Waals surface area contributed by atoms with Crippen LogP contribution in [0.4, 0.5) is 18.9 Å². The molecule has 3 aromatic rings. The molecule has 30 heavy (non-hydrogen) atoms. The van der Waals surface area contributed by atoms with Crippen LogP contribution in [0.15, 0.2) is 59.4 Å². The van der Waals surface area contributed by atoms with Crippen molar-refractivity contribution in [2.75, 3.05) is 11.1 Å². The first-order valence-electron chi connectivity index (χ1n) is 9.06. The molecule has 3 rings (SSSR count). The maximum Gasteiger partial charge on any atom is 0.416 e. The minimum Gasteiger partial charge on any atom is -0.319 e. The summed E-state index contributed by atoms with van der Waals surface area (Å²) in [4.78, 5) is 25.1. The summed E-state index contributed by atoms with van der Waals surface area (Å²) in [5.74, 6) is 0.103. The van der Waals surface area contributed by atoms with Crippen LogP contribution in [0.25, 0.3) is 5.69 Å². The fourth-order valence-electron chi connectivity index (χ4n) is 2.94. The first kappa shape index (κ1) is 21.8. The number of thioether (sulfide) groups is 1. The molecule has 9 heteroatoms. The van der Waals surface area contributed by atoms with E-state index in [0.717, 1.165) is 12.1 Å². The zero-order chi connectivity index (χ0) is 21.9. The summed E-state index contributed by atoms with van der Waals surface area (Å²) in [6, 6.07) is 13.9. The van der Waals surface area contributed by atoms with Crippen LogP contribution in [0.2, 0.25) is 0 Å². The van der Waals surface area contributed by atoms with E-state index in [-0.39, 0.29) is 22.9 Å². The van der Waals surface area contributed by atoms with Crippen LogP contribution in [-0.4, -0.2) is 21.0 Å². The minimum absolute atomic E-state index is 0.0696. The Kier molecular flexibility index (Phi) is 6.40. The van der Waals surface area contributed by atoms with Gasteiger partial charge in [-0.3, -0.25) is 14.3 Å². The number of benzene rings is 2. The summed E-state index contributed by atoms with van der Waals surface area (Å²) in [7, 11) is 1.73. The molecule has 0 spiro atoms. The number of carbonyl (C=O) groups is 1. The molecule has 0 atom stereocenters. The van der Waals surface area contributed by atoms with Gasteiger partial charge >= 0.3 is 6.18 Å². The molecule has 1 N–H and O–H groups in total. The summed E-state index contributed by atoms with van der Waals surface area (Å²) in [6.45, 7) is 1.74. The second-order valence-electron chi connectivity index (χ2n) is 6.67. The predicted molar refractivity (Wildman–Crippen MR) is 112 cm³/mol. The molecule has 1 amide bonds. The number of hydrogen-bond donors (Lipinski definition) is 1. The Morgan fingerprint density at radius 1 is 1.07 bits per heavy atom. The van der Waals surface area contributed by atoms with Gasteiger partial charge in [-0.2, -0.15) is 13.2 Å². The van der Waals surface area contributed by atoms with E-state index in [1.165, 1.54) is 28.6 Å². The smallest absolute Gasteiger partial charge is 0.319 e. The highest BCUT2D eigenvalue weighted by molar-refractivity contribution is 7.99.